The standard InChI is InChI=1S/C26H27N3O4/c1-20-19-25(27)29(28-20)26-23(32-17-15-30-21-9-4-2-5-10-21)13-8-14-24(26)33-18-16-31-22-11-6-3-7-12-22/h2-14,19H,15-18,27H2,1H3. The summed E-state index contributed by atoms with van der Waals surface area (Å²) in [6, 6.07) is 26.6. The average molecular weight is 446 g/mol. The highest BCUT2D eigenvalue weighted by Gasteiger charge is 2.17. The number of hydrogen-bond acceptors (Lipinski definition) is 6. The molecule has 1 aromatic heterocycles. The number of aryl methyl sites for hydroxylation is 1. The molecule has 1 heterocycles. The van der Waals surface area contributed by atoms with E-state index in [-0.39, 0.29) is 0 Å². The van der Waals surface area contributed by atoms with Gasteiger partial charge in [0.05, 0.1) is 5.69 Å². The van der Waals surface area contributed by atoms with Crippen LogP contribution in [-0.4, -0.2) is 36.2 Å². The second-order valence-corrected chi connectivity index (χ2v) is 7.25. The Morgan fingerprint density at radius 3 is 1.61 bits per heavy atom. The molecular formula is C26H27N3O4. The molecule has 0 spiro atoms. The zero-order valence-electron chi connectivity index (χ0n) is 18.5. The van der Waals surface area contributed by atoms with Crippen LogP contribution in [0, 0.1) is 6.92 Å². The predicted octanol–water partition coefficient (Wildman–Crippen LogP) is 4.68. The molecule has 3 aromatic carbocycles. The molecule has 2 N–H and O–H groups in total. The van der Waals surface area contributed by atoms with Gasteiger partial charge in [0.1, 0.15) is 55.2 Å². The lowest BCUT2D eigenvalue weighted by Gasteiger charge is -2.17. The van der Waals surface area contributed by atoms with E-state index in [0.29, 0.717) is 49.4 Å². The van der Waals surface area contributed by atoms with Gasteiger partial charge in [-0.2, -0.15) is 5.10 Å². The van der Waals surface area contributed by atoms with Crippen molar-refractivity contribution < 1.29 is 18.9 Å². The number of benzene rings is 3. The fourth-order valence-corrected chi connectivity index (χ4v) is 3.30. The van der Waals surface area contributed by atoms with Crippen LogP contribution in [0.1, 0.15) is 5.69 Å². The van der Waals surface area contributed by atoms with E-state index in [9.17, 15) is 0 Å². The molecule has 0 saturated carbocycles. The molecule has 0 saturated heterocycles. The molecule has 0 atom stereocenters. The fraction of sp³-hybridized carbons (Fsp3) is 0.192. The van der Waals surface area contributed by atoms with Crippen LogP contribution in [0.25, 0.3) is 5.69 Å². The monoisotopic (exact) mass is 445 g/mol. The summed E-state index contributed by atoms with van der Waals surface area (Å²) in [4.78, 5) is 0. The summed E-state index contributed by atoms with van der Waals surface area (Å²) in [5.41, 5.74) is 7.65. The first-order valence-corrected chi connectivity index (χ1v) is 10.8. The fourth-order valence-electron chi connectivity index (χ4n) is 3.30. The second kappa shape index (κ2) is 10.9. The first-order valence-electron chi connectivity index (χ1n) is 10.8. The van der Waals surface area contributed by atoms with E-state index in [4.69, 9.17) is 24.7 Å². The van der Waals surface area contributed by atoms with Gasteiger partial charge in [-0.1, -0.05) is 42.5 Å². The third-order valence-electron chi connectivity index (χ3n) is 4.74. The smallest absolute Gasteiger partial charge is 0.151 e. The average Bonchev–Trinajstić information content (AvgIpc) is 3.18. The molecule has 0 fully saturated rings. The van der Waals surface area contributed by atoms with E-state index < -0.39 is 0 Å². The van der Waals surface area contributed by atoms with Gasteiger partial charge in [0.15, 0.2) is 5.69 Å². The van der Waals surface area contributed by atoms with Crippen LogP contribution in [-0.2, 0) is 0 Å². The van der Waals surface area contributed by atoms with Gasteiger partial charge in [0.2, 0.25) is 0 Å². The summed E-state index contributed by atoms with van der Waals surface area (Å²) in [5, 5.41) is 4.52. The van der Waals surface area contributed by atoms with E-state index >= 15 is 0 Å². The van der Waals surface area contributed by atoms with Gasteiger partial charge in [-0.3, -0.25) is 0 Å². The zero-order valence-corrected chi connectivity index (χ0v) is 18.5. The van der Waals surface area contributed by atoms with E-state index in [1.54, 1.807) is 10.7 Å². The van der Waals surface area contributed by atoms with E-state index in [0.717, 1.165) is 17.2 Å². The molecule has 7 heteroatoms. The number of nitrogen functional groups attached to an aromatic ring is 1. The molecule has 170 valence electrons. The molecule has 7 nitrogen and oxygen atoms in total. The van der Waals surface area contributed by atoms with Crippen molar-refractivity contribution in [1.29, 1.82) is 0 Å². The molecule has 0 unspecified atom stereocenters. The maximum atomic E-state index is 6.21. The number of nitrogens with zero attached hydrogens (tertiary/aromatic N) is 2. The predicted molar refractivity (Wildman–Crippen MR) is 128 cm³/mol. The topological polar surface area (TPSA) is 80.8 Å². The van der Waals surface area contributed by atoms with Crippen molar-refractivity contribution in [3.63, 3.8) is 0 Å². The minimum absolute atomic E-state index is 0.350. The number of anilines is 1. The van der Waals surface area contributed by atoms with Crippen LogP contribution < -0.4 is 24.7 Å². The maximum Gasteiger partial charge on any atom is 0.151 e. The molecule has 4 rings (SSSR count). The first kappa shape index (κ1) is 22.1. The Morgan fingerprint density at radius 1 is 0.667 bits per heavy atom. The Labute approximate surface area is 193 Å². The third-order valence-corrected chi connectivity index (χ3v) is 4.74. The van der Waals surface area contributed by atoms with Crippen LogP contribution in [0.3, 0.4) is 0 Å². The lowest BCUT2D eigenvalue weighted by atomic mass is 10.2. The van der Waals surface area contributed by atoms with E-state index in [1.165, 1.54) is 0 Å². The summed E-state index contributed by atoms with van der Waals surface area (Å²) in [6.07, 6.45) is 0. The highest BCUT2D eigenvalue weighted by Crippen LogP contribution is 2.34. The van der Waals surface area contributed by atoms with Crippen molar-refractivity contribution in [3.05, 3.63) is 90.6 Å². The molecule has 0 aliphatic rings. The summed E-state index contributed by atoms with van der Waals surface area (Å²) in [5.74, 6) is 3.29. The van der Waals surface area contributed by atoms with Crippen molar-refractivity contribution in [2.45, 2.75) is 6.92 Å². The Hall–Kier alpha value is -4.13. The van der Waals surface area contributed by atoms with Crippen molar-refractivity contribution in [2.24, 2.45) is 0 Å². The van der Waals surface area contributed by atoms with Gasteiger partial charge in [-0.15, -0.1) is 0 Å². The number of hydrogen-bond donors (Lipinski definition) is 1. The van der Waals surface area contributed by atoms with Crippen molar-refractivity contribution in [2.75, 3.05) is 32.2 Å². The number of para-hydroxylation sites is 3. The molecule has 0 aliphatic heterocycles. The third kappa shape index (κ3) is 5.98. The van der Waals surface area contributed by atoms with Gasteiger partial charge >= 0.3 is 0 Å². The van der Waals surface area contributed by atoms with Crippen molar-refractivity contribution in [3.8, 4) is 28.7 Å². The van der Waals surface area contributed by atoms with Crippen LogP contribution in [0.2, 0.25) is 0 Å². The summed E-state index contributed by atoms with van der Waals surface area (Å²) >= 11 is 0. The quantitative estimate of drug-likeness (QED) is 0.338. The minimum Gasteiger partial charge on any atom is -0.490 e. The Bertz CT molecular complexity index is 1080. The lowest BCUT2D eigenvalue weighted by Crippen LogP contribution is -2.14. The van der Waals surface area contributed by atoms with Crippen LogP contribution >= 0.6 is 0 Å². The number of nitrogens with two attached hydrogens (primary N) is 1. The molecular weight excluding hydrogens is 418 g/mol. The first-order chi connectivity index (χ1) is 16.2. The Kier molecular flexibility index (Phi) is 7.33. The molecule has 0 amide bonds. The van der Waals surface area contributed by atoms with Crippen molar-refractivity contribution in [1.82, 2.24) is 9.78 Å². The molecule has 33 heavy (non-hydrogen) atoms. The Balaban J connectivity index is 1.45. The summed E-state index contributed by atoms with van der Waals surface area (Å²) in [6.45, 7) is 3.38. The zero-order chi connectivity index (χ0) is 22.9. The van der Waals surface area contributed by atoms with Gasteiger partial charge in [-0.05, 0) is 43.3 Å². The van der Waals surface area contributed by atoms with Gasteiger partial charge < -0.3 is 24.7 Å². The number of rotatable bonds is 11. The van der Waals surface area contributed by atoms with Gasteiger partial charge in [-0.25, -0.2) is 4.68 Å². The molecule has 0 aliphatic carbocycles. The lowest BCUT2D eigenvalue weighted by molar-refractivity contribution is 0.209. The highest BCUT2D eigenvalue weighted by atomic mass is 16.5. The van der Waals surface area contributed by atoms with Gasteiger partial charge in [0.25, 0.3) is 0 Å². The second-order valence-electron chi connectivity index (χ2n) is 7.25. The number of ether oxygens (including phenoxy) is 4. The van der Waals surface area contributed by atoms with Crippen LogP contribution in [0.4, 0.5) is 5.82 Å². The SMILES string of the molecule is Cc1cc(N)n(-c2c(OCCOc3ccccc3)cccc2OCCOc2ccccc2)n1. The van der Waals surface area contributed by atoms with Gasteiger partial charge in [0, 0.05) is 6.07 Å². The van der Waals surface area contributed by atoms with E-state index in [1.807, 2.05) is 85.8 Å². The highest BCUT2D eigenvalue weighted by molar-refractivity contribution is 5.60. The minimum atomic E-state index is 0.350. The Morgan fingerprint density at radius 2 is 1.15 bits per heavy atom. The van der Waals surface area contributed by atoms with E-state index in [2.05, 4.69) is 5.10 Å². The van der Waals surface area contributed by atoms with Crippen molar-refractivity contribution >= 4 is 5.82 Å². The van der Waals surface area contributed by atoms with Crippen LogP contribution in [0.5, 0.6) is 23.0 Å². The normalized spacial score (nSPS) is 10.6. The van der Waals surface area contributed by atoms with Crippen LogP contribution in [0.15, 0.2) is 84.9 Å². The largest absolute Gasteiger partial charge is 0.490 e. The molecule has 0 bridgehead atoms. The summed E-state index contributed by atoms with van der Waals surface area (Å²) < 4.78 is 25.2. The number of aromatic nitrogens is 2. The molecule has 0 radical (unpaired) electrons. The molecule has 4 aromatic rings. The summed E-state index contributed by atoms with van der Waals surface area (Å²) in [7, 11) is 0. The maximum absolute atomic E-state index is 6.21.